The molecule has 1 aromatic carbocycles. The van der Waals surface area contributed by atoms with Gasteiger partial charge in [-0.05, 0) is 61.6 Å². The van der Waals surface area contributed by atoms with Gasteiger partial charge >= 0.3 is 5.97 Å². The number of benzene rings is 1. The molecule has 0 atom stereocenters. The number of carbonyl (C=O) groups is 2. The fourth-order valence-electron chi connectivity index (χ4n) is 3.44. The van der Waals surface area contributed by atoms with Crippen LogP contribution in [-0.2, 0) is 29.4 Å². The van der Waals surface area contributed by atoms with Gasteiger partial charge in [-0.1, -0.05) is 6.07 Å². The van der Waals surface area contributed by atoms with Crippen LogP contribution >= 0.6 is 0 Å². The van der Waals surface area contributed by atoms with Crippen LogP contribution in [-0.4, -0.2) is 33.0 Å². The number of rotatable bonds is 7. The van der Waals surface area contributed by atoms with E-state index in [1.54, 1.807) is 19.1 Å². The van der Waals surface area contributed by atoms with Crippen molar-refractivity contribution in [3.63, 3.8) is 0 Å². The zero-order valence-corrected chi connectivity index (χ0v) is 17.6. The molecule has 0 radical (unpaired) electrons. The maximum absolute atomic E-state index is 13.7. The molecule has 3 aromatic rings. The van der Waals surface area contributed by atoms with E-state index in [0.29, 0.717) is 24.8 Å². The van der Waals surface area contributed by atoms with Crippen molar-refractivity contribution >= 4 is 22.8 Å². The number of ether oxygens (including phenoxy) is 1. The number of hydrogen-bond donors (Lipinski definition) is 1. The van der Waals surface area contributed by atoms with Crippen LogP contribution in [0.3, 0.4) is 0 Å². The molecule has 0 aliphatic heterocycles. The second kappa shape index (κ2) is 9.07. The minimum absolute atomic E-state index is 0.0189. The van der Waals surface area contributed by atoms with E-state index in [1.807, 2.05) is 0 Å². The molecule has 2 heterocycles. The van der Waals surface area contributed by atoms with Crippen molar-refractivity contribution in [3.05, 3.63) is 68.9 Å². The third-order valence-corrected chi connectivity index (χ3v) is 5.05. The largest absolute Gasteiger partial charge is 0.505 e. The normalized spacial score (nSPS) is 11.0. The van der Waals surface area contributed by atoms with E-state index in [-0.39, 0.29) is 23.7 Å². The van der Waals surface area contributed by atoms with Crippen LogP contribution in [0.1, 0.15) is 47.3 Å². The van der Waals surface area contributed by atoms with E-state index in [2.05, 4.69) is 4.98 Å². The van der Waals surface area contributed by atoms with Crippen LogP contribution in [0.25, 0.3) is 11.0 Å². The number of Topliss-reactive ketones (excluding diaryl/α,β-unsaturated/α-hetero) is 1. The number of aryl methyl sites for hydroxylation is 2. The lowest BCUT2D eigenvalue weighted by Gasteiger charge is -2.13. The number of aromatic hydroxyl groups is 1. The molecule has 0 aliphatic carbocycles. The lowest BCUT2D eigenvalue weighted by atomic mass is 9.96. The molecule has 8 heteroatoms. The van der Waals surface area contributed by atoms with E-state index in [9.17, 15) is 23.9 Å². The summed E-state index contributed by atoms with van der Waals surface area (Å²) in [5, 5.41) is 10.5. The highest BCUT2D eigenvalue weighted by Crippen LogP contribution is 2.26. The standard InChI is InChI=1S/C23H23FN2O5/c1-4-31-23(30)19-21(28)20-18(26(3)22(19)29)10-14(12-25-20)9-15-7-8-17(24)11-16(15)6-5-13(2)27/h7-8,10-12,28H,4-6,9H2,1-3H3. The number of esters is 1. The van der Waals surface area contributed by atoms with E-state index in [0.717, 1.165) is 16.7 Å². The second-order valence-electron chi connectivity index (χ2n) is 7.31. The van der Waals surface area contributed by atoms with Crippen LogP contribution in [0.2, 0.25) is 0 Å². The van der Waals surface area contributed by atoms with Gasteiger partial charge in [0, 0.05) is 19.7 Å². The van der Waals surface area contributed by atoms with Gasteiger partial charge in [0.05, 0.1) is 12.1 Å². The van der Waals surface area contributed by atoms with Gasteiger partial charge in [0.1, 0.15) is 17.1 Å². The average Bonchev–Trinajstić information content (AvgIpc) is 2.72. The van der Waals surface area contributed by atoms with Gasteiger partial charge < -0.3 is 19.2 Å². The zero-order valence-electron chi connectivity index (χ0n) is 17.6. The first kappa shape index (κ1) is 22.1. The Morgan fingerprint density at radius 2 is 1.97 bits per heavy atom. The molecule has 7 nitrogen and oxygen atoms in total. The molecule has 0 fully saturated rings. The van der Waals surface area contributed by atoms with E-state index < -0.39 is 22.8 Å². The first-order valence-electron chi connectivity index (χ1n) is 9.87. The van der Waals surface area contributed by atoms with Gasteiger partial charge in [-0.15, -0.1) is 0 Å². The predicted molar refractivity (Wildman–Crippen MR) is 113 cm³/mol. The Bertz CT molecular complexity index is 1230. The molecule has 0 bridgehead atoms. The van der Waals surface area contributed by atoms with Crippen LogP contribution in [0.4, 0.5) is 4.39 Å². The van der Waals surface area contributed by atoms with Gasteiger partial charge in [-0.3, -0.25) is 9.78 Å². The molecule has 0 saturated heterocycles. The summed E-state index contributed by atoms with van der Waals surface area (Å²) in [6.07, 6.45) is 2.65. The first-order chi connectivity index (χ1) is 14.7. The molecule has 0 amide bonds. The van der Waals surface area contributed by atoms with Crippen LogP contribution in [0, 0.1) is 5.82 Å². The Kier molecular flexibility index (Phi) is 6.48. The van der Waals surface area contributed by atoms with Crippen molar-refractivity contribution < 1.29 is 23.8 Å². The number of aromatic nitrogens is 2. The molecule has 162 valence electrons. The number of nitrogens with zero attached hydrogens (tertiary/aromatic N) is 2. The quantitative estimate of drug-likeness (QED) is 0.583. The number of ketones is 1. The molecule has 3 rings (SSSR count). The first-order valence-corrected chi connectivity index (χ1v) is 9.87. The maximum Gasteiger partial charge on any atom is 0.347 e. The van der Waals surface area contributed by atoms with Gasteiger partial charge in [-0.2, -0.15) is 0 Å². The number of halogens is 1. The number of pyridine rings is 2. The third kappa shape index (κ3) is 4.63. The van der Waals surface area contributed by atoms with Crippen molar-refractivity contribution in [1.29, 1.82) is 0 Å². The van der Waals surface area contributed by atoms with Crippen molar-refractivity contribution in [1.82, 2.24) is 9.55 Å². The summed E-state index contributed by atoms with van der Waals surface area (Å²) < 4.78 is 19.8. The van der Waals surface area contributed by atoms with E-state index >= 15 is 0 Å². The van der Waals surface area contributed by atoms with Crippen molar-refractivity contribution in [2.45, 2.75) is 33.1 Å². The molecule has 31 heavy (non-hydrogen) atoms. The fraction of sp³-hybridized carbons (Fsp3) is 0.304. The molecule has 0 aliphatic rings. The number of carbonyl (C=O) groups excluding carboxylic acids is 2. The summed E-state index contributed by atoms with van der Waals surface area (Å²) in [4.78, 5) is 40.3. The Balaban J connectivity index is 2.04. The second-order valence-corrected chi connectivity index (χ2v) is 7.31. The third-order valence-electron chi connectivity index (χ3n) is 5.05. The SMILES string of the molecule is CCOC(=O)c1c(O)c2ncc(Cc3ccc(F)cc3CCC(C)=O)cc2n(C)c1=O. The predicted octanol–water partition coefficient (Wildman–Crippen LogP) is 3.07. The highest BCUT2D eigenvalue weighted by Gasteiger charge is 2.23. The van der Waals surface area contributed by atoms with Gasteiger partial charge in [0.25, 0.3) is 5.56 Å². The molecular formula is C23H23FN2O5. The lowest BCUT2D eigenvalue weighted by Crippen LogP contribution is -2.26. The smallest absolute Gasteiger partial charge is 0.347 e. The number of hydrogen-bond acceptors (Lipinski definition) is 6. The molecule has 0 spiro atoms. The summed E-state index contributed by atoms with van der Waals surface area (Å²) in [7, 11) is 1.48. The monoisotopic (exact) mass is 426 g/mol. The summed E-state index contributed by atoms with van der Waals surface area (Å²) in [6, 6.07) is 6.13. The summed E-state index contributed by atoms with van der Waals surface area (Å²) in [5.41, 5.74) is 1.59. The van der Waals surface area contributed by atoms with E-state index in [4.69, 9.17) is 4.74 Å². The highest BCUT2D eigenvalue weighted by molar-refractivity contribution is 5.98. The van der Waals surface area contributed by atoms with Gasteiger partial charge in [-0.25, -0.2) is 9.18 Å². The Morgan fingerprint density at radius 3 is 2.65 bits per heavy atom. The molecule has 0 unspecified atom stereocenters. The fourth-order valence-corrected chi connectivity index (χ4v) is 3.44. The Morgan fingerprint density at radius 1 is 1.23 bits per heavy atom. The minimum Gasteiger partial charge on any atom is -0.505 e. The summed E-state index contributed by atoms with van der Waals surface area (Å²) in [5.74, 6) is -1.79. The molecule has 0 saturated carbocycles. The average molecular weight is 426 g/mol. The maximum atomic E-state index is 13.7. The Hall–Kier alpha value is -3.55. The highest BCUT2D eigenvalue weighted by atomic mass is 19.1. The Labute approximate surface area is 178 Å². The molecular weight excluding hydrogens is 403 g/mol. The topological polar surface area (TPSA) is 98.5 Å². The van der Waals surface area contributed by atoms with E-state index in [1.165, 1.54) is 36.9 Å². The summed E-state index contributed by atoms with van der Waals surface area (Å²) >= 11 is 0. The van der Waals surface area contributed by atoms with Crippen molar-refractivity contribution in [2.75, 3.05) is 6.61 Å². The van der Waals surface area contributed by atoms with Gasteiger partial charge in [0.15, 0.2) is 11.3 Å². The van der Waals surface area contributed by atoms with Gasteiger partial charge in [0.2, 0.25) is 0 Å². The zero-order chi connectivity index (χ0) is 22.7. The molecule has 1 N–H and O–H groups in total. The number of fused-ring (bicyclic) bond motifs is 1. The van der Waals surface area contributed by atoms with Crippen molar-refractivity contribution in [3.8, 4) is 5.75 Å². The molecule has 2 aromatic heterocycles. The van der Waals surface area contributed by atoms with Crippen LogP contribution < -0.4 is 5.56 Å². The summed E-state index contributed by atoms with van der Waals surface area (Å²) in [6.45, 7) is 3.16. The van der Waals surface area contributed by atoms with Crippen LogP contribution in [0.15, 0.2) is 35.3 Å². The lowest BCUT2D eigenvalue weighted by molar-refractivity contribution is -0.116. The minimum atomic E-state index is -0.908. The van der Waals surface area contributed by atoms with Crippen molar-refractivity contribution in [2.24, 2.45) is 7.05 Å². The van der Waals surface area contributed by atoms with Crippen LogP contribution in [0.5, 0.6) is 5.75 Å².